The van der Waals surface area contributed by atoms with Gasteiger partial charge in [-0.05, 0) is 24.8 Å². The monoisotopic (exact) mass is 308 g/mol. The highest BCUT2D eigenvalue weighted by Crippen LogP contribution is 2.38. The van der Waals surface area contributed by atoms with E-state index in [0.717, 1.165) is 12.8 Å². The Bertz CT molecular complexity index is 259. The third-order valence-electron chi connectivity index (χ3n) is 3.88. The Morgan fingerprint density at radius 2 is 1.90 bits per heavy atom. The topological polar surface area (TPSA) is 73.6 Å². The van der Waals surface area contributed by atoms with Crippen molar-refractivity contribution in [3.05, 3.63) is 0 Å². The zero-order valence-electron chi connectivity index (χ0n) is 12.5. The van der Waals surface area contributed by atoms with Gasteiger partial charge in [0, 0.05) is 20.1 Å². The molecule has 6 heteroatoms. The number of amides is 1. The molecule has 1 saturated carbocycles. The standard InChI is InChI=1S/C14H28N2O3.ClH/c1-18-9-10-19-8-7-16-13(17)11-14(12-15)5-3-2-4-6-14;/h2-12,15H2,1H3,(H,16,17);1H. The largest absolute Gasteiger partial charge is 0.382 e. The molecule has 0 radical (unpaired) electrons. The van der Waals surface area contributed by atoms with Crippen LogP contribution in [0, 0.1) is 5.41 Å². The molecule has 3 N–H and O–H groups in total. The van der Waals surface area contributed by atoms with Gasteiger partial charge < -0.3 is 20.5 Å². The van der Waals surface area contributed by atoms with E-state index in [1.807, 2.05) is 0 Å². The molecule has 1 rings (SSSR count). The lowest BCUT2D eigenvalue weighted by Crippen LogP contribution is -2.39. The lowest BCUT2D eigenvalue weighted by Gasteiger charge is -2.35. The first-order chi connectivity index (χ1) is 9.22. The fourth-order valence-corrected chi connectivity index (χ4v) is 2.66. The third kappa shape index (κ3) is 7.43. The van der Waals surface area contributed by atoms with Crippen molar-refractivity contribution in [1.29, 1.82) is 0 Å². The molecule has 1 fully saturated rings. The molecule has 5 nitrogen and oxygen atoms in total. The Morgan fingerprint density at radius 1 is 1.20 bits per heavy atom. The number of rotatable bonds is 9. The van der Waals surface area contributed by atoms with Crippen molar-refractivity contribution in [2.24, 2.45) is 11.1 Å². The average Bonchev–Trinajstić information content (AvgIpc) is 2.43. The van der Waals surface area contributed by atoms with E-state index in [-0.39, 0.29) is 23.7 Å². The Hall–Kier alpha value is -0.360. The number of methoxy groups -OCH3 is 1. The number of nitrogens with two attached hydrogens (primary N) is 1. The fourth-order valence-electron chi connectivity index (χ4n) is 2.66. The number of hydrogen-bond donors (Lipinski definition) is 2. The Kier molecular flexibility index (Phi) is 11.1. The number of carbonyl (C=O) groups excluding carboxylic acids is 1. The van der Waals surface area contributed by atoms with Crippen LogP contribution in [0.3, 0.4) is 0 Å². The van der Waals surface area contributed by atoms with Crippen molar-refractivity contribution in [2.75, 3.05) is 40.0 Å². The molecule has 20 heavy (non-hydrogen) atoms. The van der Waals surface area contributed by atoms with Gasteiger partial charge in [-0.3, -0.25) is 4.79 Å². The van der Waals surface area contributed by atoms with Crippen molar-refractivity contribution in [3.63, 3.8) is 0 Å². The van der Waals surface area contributed by atoms with Crippen molar-refractivity contribution in [3.8, 4) is 0 Å². The summed E-state index contributed by atoms with van der Waals surface area (Å²) >= 11 is 0. The van der Waals surface area contributed by atoms with Crippen molar-refractivity contribution >= 4 is 18.3 Å². The van der Waals surface area contributed by atoms with Gasteiger partial charge in [0.15, 0.2) is 0 Å². The van der Waals surface area contributed by atoms with Gasteiger partial charge in [0.25, 0.3) is 0 Å². The molecule has 1 aliphatic carbocycles. The molecule has 0 aromatic rings. The molecule has 1 amide bonds. The number of ether oxygens (including phenoxy) is 2. The van der Waals surface area contributed by atoms with E-state index in [2.05, 4.69) is 5.32 Å². The summed E-state index contributed by atoms with van der Waals surface area (Å²) in [5, 5.41) is 2.91. The second-order valence-electron chi connectivity index (χ2n) is 5.40. The molecule has 0 aromatic heterocycles. The van der Waals surface area contributed by atoms with Crippen LogP contribution in [0.5, 0.6) is 0 Å². The predicted octanol–water partition coefficient (Wildman–Crippen LogP) is 1.49. The quantitative estimate of drug-likeness (QED) is 0.633. The Labute approximate surface area is 128 Å². The molecule has 0 aromatic carbocycles. The van der Waals surface area contributed by atoms with Gasteiger partial charge in [0.05, 0.1) is 19.8 Å². The molecule has 0 unspecified atom stereocenters. The molecule has 0 heterocycles. The van der Waals surface area contributed by atoms with E-state index in [1.54, 1.807) is 7.11 Å². The van der Waals surface area contributed by atoms with Crippen LogP contribution < -0.4 is 11.1 Å². The Morgan fingerprint density at radius 3 is 2.50 bits per heavy atom. The van der Waals surface area contributed by atoms with Gasteiger partial charge in [-0.25, -0.2) is 0 Å². The molecular formula is C14H29ClN2O3. The predicted molar refractivity (Wildman–Crippen MR) is 82.1 cm³/mol. The number of hydrogen-bond acceptors (Lipinski definition) is 4. The zero-order valence-corrected chi connectivity index (χ0v) is 13.3. The lowest BCUT2D eigenvalue weighted by atomic mass is 9.72. The highest BCUT2D eigenvalue weighted by atomic mass is 35.5. The van der Waals surface area contributed by atoms with Crippen molar-refractivity contribution in [2.45, 2.75) is 38.5 Å². The highest BCUT2D eigenvalue weighted by Gasteiger charge is 2.32. The number of halogens is 1. The van der Waals surface area contributed by atoms with Crippen LogP contribution >= 0.6 is 12.4 Å². The van der Waals surface area contributed by atoms with Crippen LogP contribution in [-0.2, 0) is 14.3 Å². The SMILES string of the molecule is COCCOCCNC(=O)CC1(CN)CCCCC1.Cl. The summed E-state index contributed by atoms with van der Waals surface area (Å²) in [5.41, 5.74) is 5.92. The fraction of sp³-hybridized carbons (Fsp3) is 0.929. The molecule has 0 spiro atoms. The van der Waals surface area contributed by atoms with Crippen LogP contribution in [-0.4, -0.2) is 45.9 Å². The smallest absolute Gasteiger partial charge is 0.220 e. The van der Waals surface area contributed by atoms with Crippen LogP contribution in [0.15, 0.2) is 0 Å². The summed E-state index contributed by atoms with van der Waals surface area (Å²) in [6.07, 6.45) is 6.40. The van der Waals surface area contributed by atoms with Crippen molar-refractivity contribution in [1.82, 2.24) is 5.32 Å². The second-order valence-corrected chi connectivity index (χ2v) is 5.40. The zero-order chi connectivity index (χ0) is 14.0. The summed E-state index contributed by atoms with van der Waals surface area (Å²) in [5.74, 6) is 0.0997. The number of carbonyl (C=O) groups is 1. The summed E-state index contributed by atoms with van der Waals surface area (Å²) in [6.45, 7) is 2.86. The first kappa shape index (κ1) is 19.6. The minimum Gasteiger partial charge on any atom is -0.382 e. The van der Waals surface area contributed by atoms with Gasteiger partial charge >= 0.3 is 0 Å². The summed E-state index contributed by atoms with van der Waals surface area (Å²) in [6, 6.07) is 0. The summed E-state index contributed by atoms with van der Waals surface area (Å²) in [7, 11) is 1.64. The average molecular weight is 309 g/mol. The third-order valence-corrected chi connectivity index (χ3v) is 3.88. The molecule has 120 valence electrons. The van der Waals surface area contributed by atoms with Gasteiger partial charge in [-0.2, -0.15) is 0 Å². The van der Waals surface area contributed by atoms with Gasteiger partial charge in [0.1, 0.15) is 0 Å². The van der Waals surface area contributed by atoms with E-state index in [4.69, 9.17) is 15.2 Å². The van der Waals surface area contributed by atoms with E-state index in [1.165, 1.54) is 19.3 Å². The second kappa shape index (κ2) is 11.3. The van der Waals surface area contributed by atoms with Crippen LogP contribution in [0.1, 0.15) is 38.5 Å². The minimum absolute atomic E-state index is 0. The number of nitrogens with one attached hydrogen (secondary N) is 1. The molecule has 0 saturated heterocycles. The van der Waals surface area contributed by atoms with Crippen LogP contribution in [0.25, 0.3) is 0 Å². The minimum atomic E-state index is 0. The maximum Gasteiger partial charge on any atom is 0.220 e. The van der Waals surface area contributed by atoms with Crippen LogP contribution in [0.2, 0.25) is 0 Å². The van der Waals surface area contributed by atoms with Gasteiger partial charge in [-0.1, -0.05) is 19.3 Å². The van der Waals surface area contributed by atoms with Crippen molar-refractivity contribution < 1.29 is 14.3 Å². The van der Waals surface area contributed by atoms with Crippen LogP contribution in [0.4, 0.5) is 0 Å². The normalized spacial score (nSPS) is 17.3. The maximum absolute atomic E-state index is 11.9. The molecule has 0 atom stereocenters. The molecule has 1 aliphatic rings. The Balaban J connectivity index is 0.00000361. The van der Waals surface area contributed by atoms with E-state index in [9.17, 15) is 4.79 Å². The first-order valence-electron chi connectivity index (χ1n) is 7.26. The van der Waals surface area contributed by atoms with Gasteiger partial charge in [0.2, 0.25) is 5.91 Å². The molecule has 0 aliphatic heterocycles. The summed E-state index contributed by atoms with van der Waals surface area (Å²) < 4.78 is 10.2. The van der Waals surface area contributed by atoms with E-state index < -0.39 is 0 Å². The first-order valence-corrected chi connectivity index (χ1v) is 7.26. The van der Waals surface area contributed by atoms with E-state index in [0.29, 0.717) is 39.3 Å². The highest BCUT2D eigenvalue weighted by molar-refractivity contribution is 5.85. The van der Waals surface area contributed by atoms with E-state index >= 15 is 0 Å². The summed E-state index contributed by atoms with van der Waals surface area (Å²) in [4.78, 5) is 11.9. The molecular weight excluding hydrogens is 280 g/mol. The maximum atomic E-state index is 11.9. The van der Waals surface area contributed by atoms with Gasteiger partial charge in [-0.15, -0.1) is 12.4 Å². The molecule has 0 bridgehead atoms. The lowest BCUT2D eigenvalue weighted by molar-refractivity contribution is -0.124.